The van der Waals surface area contributed by atoms with Crippen LogP contribution in [0.5, 0.6) is 0 Å². The highest BCUT2D eigenvalue weighted by molar-refractivity contribution is 6.30. The summed E-state index contributed by atoms with van der Waals surface area (Å²) in [5, 5.41) is 0.783. The van der Waals surface area contributed by atoms with Crippen molar-refractivity contribution in [1.29, 1.82) is 0 Å². The van der Waals surface area contributed by atoms with E-state index in [2.05, 4.69) is 20.8 Å². The summed E-state index contributed by atoms with van der Waals surface area (Å²) in [7, 11) is 0. The van der Waals surface area contributed by atoms with Crippen molar-refractivity contribution in [1.82, 2.24) is 14.7 Å². The van der Waals surface area contributed by atoms with Gasteiger partial charge >= 0.3 is 0 Å². The van der Waals surface area contributed by atoms with Crippen molar-refractivity contribution in [3.63, 3.8) is 0 Å². The number of halogens is 1. The molecule has 1 aromatic carbocycles. The third-order valence-electron chi connectivity index (χ3n) is 6.74. The monoisotopic (exact) mass is 432 g/mol. The Bertz CT molecular complexity index is 750. The summed E-state index contributed by atoms with van der Waals surface area (Å²) in [5.41, 5.74) is 1.19. The average Bonchev–Trinajstić information content (AvgIpc) is 3.18. The van der Waals surface area contributed by atoms with Crippen LogP contribution in [0.3, 0.4) is 0 Å². The molecule has 1 atom stereocenters. The second-order valence-electron chi connectivity index (χ2n) is 8.73. The lowest BCUT2D eigenvalue weighted by Crippen LogP contribution is -2.55. The molecule has 4 rings (SSSR count). The van der Waals surface area contributed by atoms with Crippen LogP contribution in [0.2, 0.25) is 5.02 Å². The summed E-state index contributed by atoms with van der Waals surface area (Å²) in [5.74, 6) is 0.501. The van der Waals surface area contributed by atoms with Crippen LogP contribution in [-0.2, 0) is 9.59 Å². The van der Waals surface area contributed by atoms with Gasteiger partial charge in [0.25, 0.3) is 0 Å². The molecule has 0 bridgehead atoms. The number of nitrogens with zero attached hydrogens (tertiary/aromatic N) is 4. The highest BCUT2D eigenvalue weighted by Crippen LogP contribution is 2.23. The highest BCUT2D eigenvalue weighted by atomic mass is 35.5. The molecule has 3 aliphatic heterocycles. The number of anilines is 1. The van der Waals surface area contributed by atoms with Crippen molar-refractivity contribution in [3.05, 3.63) is 29.3 Å². The minimum absolute atomic E-state index is 0.248. The zero-order valence-corrected chi connectivity index (χ0v) is 18.5. The van der Waals surface area contributed by atoms with Gasteiger partial charge in [-0.25, -0.2) is 0 Å². The van der Waals surface area contributed by atoms with E-state index in [1.165, 1.54) is 12.1 Å². The van der Waals surface area contributed by atoms with E-state index >= 15 is 0 Å². The van der Waals surface area contributed by atoms with Crippen molar-refractivity contribution < 1.29 is 9.59 Å². The van der Waals surface area contributed by atoms with Crippen LogP contribution in [-0.4, -0.2) is 84.9 Å². The fraction of sp³-hybridized carbons (Fsp3) is 0.652. The Hall–Kier alpha value is -1.79. The van der Waals surface area contributed by atoms with E-state index in [1.807, 2.05) is 23.1 Å². The molecule has 0 aromatic heterocycles. The third-order valence-corrected chi connectivity index (χ3v) is 6.98. The Kier molecular flexibility index (Phi) is 7.16. The summed E-state index contributed by atoms with van der Waals surface area (Å²) >= 11 is 6.15. The van der Waals surface area contributed by atoms with Crippen molar-refractivity contribution in [2.24, 2.45) is 0 Å². The van der Waals surface area contributed by atoms with E-state index in [-0.39, 0.29) is 11.8 Å². The number of benzene rings is 1. The molecule has 3 aliphatic rings. The van der Waals surface area contributed by atoms with Gasteiger partial charge in [-0.1, -0.05) is 17.7 Å². The lowest BCUT2D eigenvalue weighted by molar-refractivity contribution is -0.134. The number of piperazine rings is 1. The van der Waals surface area contributed by atoms with E-state index in [4.69, 9.17) is 11.6 Å². The molecule has 0 aliphatic carbocycles. The SMILES string of the molecule is O=C1CCCN1CCCC(=O)N1CCCC(N2CCN(c3cccc(Cl)c3)CC2)C1. The van der Waals surface area contributed by atoms with Gasteiger partial charge in [0.15, 0.2) is 0 Å². The number of rotatable bonds is 6. The maximum atomic E-state index is 12.7. The minimum Gasteiger partial charge on any atom is -0.369 e. The average molecular weight is 433 g/mol. The van der Waals surface area contributed by atoms with Crippen LogP contribution in [0.25, 0.3) is 0 Å². The molecule has 1 unspecified atom stereocenters. The Labute approximate surface area is 184 Å². The quantitative estimate of drug-likeness (QED) is 0.693. The lowest BCUT2D eigenvalue weighted by atomic mass is 10.0. The number of likely N-dealkylation sites (tertiary alicyclic amines) is 2. The maximum absolute atomic E-state index is 12.7. The second-order valence-corrected chi connectivity index (χ2v) is 9.16. The molecule has 1 aromatic rings. The van der Waals surface area contributed by atoms with Gasteiger partial charge < -0.3 is 14.7 Å². The summed E-state index contributed by atoms with van der Waals surface area (Å²) < 4.78 is 0. The van der Waals surface area contributed by atoms with E-state index in [1.54, 1.807) is 0 Å². The molecule has 30 heavy (non-hydrogen) atoms. The number of amides is 2. The van der Waals surface area contributed by atoms with Gasteiger partial charge in [-0.05, 0) is 43.9 Å². The fourth-order valence-electron chi connectivity index (χ4n) is 5.02. The predicted octanol–water partition coefficient (Wildman–Crippen LogP) is 2.86. The summed E-state index contributed by atoms with van der Waals surface area (Å²) in [6, 6.07) is 8.54. The Morgan fingerprint density at radius 1 is 1.07 bits per heavy atom. The van der Waals surface area contributed by atoms with E-state index < -0.39 is 0 Å². The van der Waals surface area contributed by atoms with E-state index in [9.17, 15) is 9.59 Å². The molecule has 7 heteroatoms. The lowest BCUT2D eigenvalue weighted by Gasteiger charge is -2.44. The fourth-order valence-corrected chi connectivity index (χ4v) is 5.20. The van der Waals surface area contributed by atoms with Gasteiger partial charge in [0.05, 0.1) is 0 Å². The van der Waals surface area contributed by atoms with E-state index in [0.717, 1.165) is 76.6 Å². The normalized spacial score (nSPS) is 23.3. The standard InChI is InChI=1S/C23H33ClN4O2/c24-19-5-1-6-20(17-19)25-13-15-26(16-14-25)21-7-2-12-28(18-21)23(30)9-4-11-27-10-3-8-22(27)29/h1,5-6,17,21H,2-4,7-16,18H2. The van der Waals surface area contributed by atoms with E-state index in [0.29, 0.717) is 18.9 Å². The summed E-state index contributed by atoms with van der Waals surface area (Å²) in [4.78, 5) is 33.4. The van der Waals surface area contributed by atoms with Crippen LogP contribution >= 0.6 is 11.6 Å². The summed E-state index contributed by atoms with van der Waals surface area (Å²) in [6.45, 7) is 7.35. The molecule has 3 heterocycles. The molecule has 164 valence electrons. The Morgan fingerprint density at radius 3 is 2.63 bits per heavy atom. The number of hydrogen-bond donors (Lipinski definition) is 0. The van der Waals surface area contributed by atoms with Crippen LogP contribution in [0.1, 0.15) is 38.5 Å². The first-order valence-corrected chi connectivity index (χ1v) is 11.8. The van der Waals surface area contributed by atoms with Crippen molar-refractivity contribution in [3.8, 4) is 0 Å². The van der Waals surface area contributed by atoms with Crippen LogP contribution in [0.4, 0.5) is 5.69 Å². The van der Waals surface area contributed by atoms with Gasteiger partial charge in [0.2, 0.25) is 11.8 Å². The molecule has 0 saturated carbocycles. The number of carbonyl (C=O) groups is 2. The second kappa shape index (κ2) is 10.0. The molecule has 3 fully saturated rings. The van der Waals surface area contributed by atoms with Gasteiger partial charge in [-0.3, -0.25) is 14.5 Å². The smallest absolute Gasteiger partial charge is 0.222 e. The number of piperidine rings is 1. The molecule has 6 nitrogen and oxygen atoms in total. The largest absolute Gasteiger partial charge is 0.369 e. The minimum atomic E-state index is 0.248. The zero-order chi connectivity index (χ0) is 20.9. The molecular formula is C23H33ClN4O2. The zero-order valence-electron chi connectivity index (χ0n) is 17.8. The molecule has 0 spiro atoms. The molecule has 0 N–H and O–H groups in total. The van der Waals surface area contributed by atoms with Crippen molar-refractivity contribution >= 4 is 29.1 Å². The first-order valence-electron chi connectivity index (χ1n) is 11.4. The van der Waals surface area contributed by atoms with Crippen LogP contribution < -0.4 is 4.90 Å². The Balaban J connectivity index is 1.22. The first kappa shape index (κ1) is 21.4. The van der Waals surface area contributed by atoms with Gasteiger partial charge in [0, 0.05) is 82.0 Å². The maximum Gasteiger partial charge on any atom is 0.222 e. The highest BCUT2D eigenvalue weighted by Gasteiger charge is 2.30. The van der Waals surface area contributed by atoms with Gasteiger partial charge in [-0.15, -0.1) is 0 Å². The Morgan fingerprint density at radius 2 is 1.90 bits per heavy atom. The van der Waals surface area contributed by atoms with Gasteiger partial charge in [0.1, 0.15) is 0 Å². The van der Waals surface area contributed by atoms with Crippen LogP contribution in [0, 0.1) is 0 Å². The molecular weight excluding hydrogens is 400 g/mol. The molecule has 3 saturated heterocycles. The van der Waals surface area contributed by atoms with Crippen LogP contribution in [0.15, 0.2) is 24.3 Å². The van der Waals surface area contributed by atoms with Gasteiger partial charge in [-0.2, -0.15) is 0 Å². The summed E-state index contributed by atoms with van der Waals surface area (Å²) in [6.07, 6.45) is 5.22. The predicted molar refractivity (Wildman–Crippen MR) is 120 cm³/mol. The molecule has 2 amide bonds. The number of carbonyl (C=O) groups excluding carboxylic acids is 2. The third kappa shape index (κ3) is 5.27. The first-order chi connectivity index (χ1) is 14.6. The topological polar surface area (TPSA) is 47.1 Å². The van der Waals surface area contributed by atoms with Crippen molar-refractivity contribution in [2.75, 3.05) is 57.3 Å². The molecule has 0 radical (unpaired) electrons. The van der Waals surface area contributed by atoms with Crippen molar-refractivity contribution in [2.45, 2.75) is 44.6 Å². The number of hydrogen-bond acceptors (Lipinski definition) is 4.